The van der Waals surface area contributed by atoms with Crippen molar-refractivity contribution in [2.75, 3.05) is 6.54 Å². The second-order valence-electron chi connectivity index (χ2n) is 7.50. The van der Waals surface area contributed by atoms with Gasteiger partial charge in [0.15, 0.2) is 5.65 Å². The first-order valence-electron chi connectivity index (χ1n) is 9.87. The van der Waals surface area contributed by atoms with E-state index in [1.807, 2.05) is 55.3 Å². The largest absolute Gasteiger partial charge is 0.331 e. The van der Waals surface area contributed by atoms with Crippen molar-refractivity contribution in [3.8, 4) is 11.3 Å². The standard InChI is InChI=1S/C23H22N4OS/c1-15-21-17(23(28)27-12-6-10-19(27)20-11-7-13-29-20)14-18(16-8-4-3-5-9-16)24-22(21)26(2)25-15/h3-5,7-9,11,13-14,19H,6,10,12H2,1-2H3/t19-/m1/s1. The van der Waals surface area contributed by atoms with E-state index in [1.54, 1.807) is 16.0 Å². The minimum Gasteiger partial charge on any atom is -0.331 e. The van der Waals surface area contributed by atoms with Gasteiger partial charge in [-0.05, 0) is 37.3 Å². The number of aromatic nitrogens is 3. The van der Waals surface area contributed by atoms with Crippen LogP contribution in [0.25, 0.3) is 22.3 Å². The quantitative estimate of drug-likeness (QED) is 0.485. The molecule has 1 fully saturated rings. The van der Waals surface area contributed by atoms with Crippen molar-refractivity contribution < 1.29 is 4.79 Å². The van der Waals surface area contributed by atoms with Crippen LogP contribution in [0, 0.1) is 6.92 Å². The smallest absolute Gasteiger partial charge is 0.255 e. The highest BCUT2D eigenvalue weighted by molar-refractivity contribution is 7.10. The monoisotopic (exact) mass is 402 g/mol. The van der Waals surface area contributed by atoms with Gasteiger partial charge >= 0.3 is 0 Å². The molecule has 0 radical (unpaired) electrons. The molecule has 146 valence electrons. The number of hydrogen-bond donors (Lipinski definition) is 0. The fraction of sp³-hybridized carbons (Fsp3) is 0.261. The third kappa shape index (κ3) is 3.04. The van der Waals surface area contributed by atoms with Crippen molar-refractivity contribution in [3.05, 3.63) is 70.0 Å². The van der Waals surface area contributed by atoms with Gasteiger partial charge in [0.2, 0.25) is 0 Å². The third-order valence-electron chi connectivity index (χ3n) is 5.65. The fourth-order valence-corrected chi connectivity index (χ4v) is 5.19. The molecule has 1 amide bonds. The van der Waals surface area contributed by atoms with Crippen molar-refractivity contribution in [3.63, 3.8) is 0 Å². The van der Waals surface area contributed by atoms with E-state index in [0.29, 0.717) is 5.56 Å². The molecule has 0 bridgehead atoms. The Balaban J connectivity index is 1.66. The summed E-state index contributed by atoms with van der Waals surface area (Å²) in [7, 11) is 1.88. The molecule has 3 aromatic heterocycles. The van der Waals surface area contributed by atoms with Crippen molar-refractivity contribution >= 4 is 28.3 Å². The Morgan fingerprint density at radius 1 is 1.17 bits per heavy atom. The highest BCUT2D eigenvalue weighted by Gasteiger charge is 2.33. The number of benzene rings is 1. The van der Waals surface area contributed by atoms with Crippen LogP contribution >= 0.6 is 11.3 Å². The molecule has 4 aromatic rings. The van der Waals surface area contributed by atoms with Gasteiger partial charge in [-0.15, -0.1) is 11.3 Å². The molecule has 4 heterocycles. The van der Waals surface area contributed by atoms with Gasteiger partial charge in [0.25, 0.3) is 5.91 Å². The first kappa shape index (κ1) is 18.1. The van der Waals surface area contributed by atoms with Gasteiger partial charge in [-0.3, -0.25) is 9.48 Å². The Kier molecular flexibility index (Phi) is 4.43. The summed E-state index contributed by atoms with van der Waals surface area (Å²) in [6, 6.07) is 16.3. The molecule has 1 aliphatic rings. The minimum absolute atomic E-state index is 0.0709. The summed E-state index contributed by atoms with van der Waals surface area (Å²) < 4.78 is 1.77. The molecular formula is C23H22N4OS. The lowest BCUT2D eigenvalue weighted by Crippen LogP contribution is -2.30. The lowest BCUT2D eigenvalue weighted by molar-refractivity contribution is 0.0740. The number of nitrogens with zero attached hydrogens (tertiary/aromatic N) is 4. The van der Waals surface area contributed by atoms with Crippen LogP contribution in [0.3, 0.4) is 0 Å². The highest BCUT2D eigenvalue weighted by atomic mass is 32.1. The van der Waals surface area contributed by atoms with Crippen LogP contribution < -0.4 is 0 Å². The Morgan fingerprint density at radius 2 is 2.00 bits per heavy atom. The van der Waals surface area contributed by atoms with Crippen LogP contribution in [-0.4, -0.2) is 32.1 Å². The summed E-state index contributed by atoms with van der Waals surface area (Å²) in [6.07, 6.45) is 2.04. The second-order valence-corrected chi connectivity index (χ2v) is 8.48. The van der Waals surface area contributed by atoms with Crippen LogP contribution in [0.2, 0.25) is 0 Å². The van der Waals surface area contributed by atoms with E-state index in [0.717, 1.165) is 47.4 Å². The van der Waals surface area contributed by atoms with Gasteiger partial charge in [-0.1, -0.05) is 36.4 Å². The predicted molar refractivity (Wildman–Crippen MR) is 116 cm³/mol. The molecule has 1 atom stereocenters. The van der Waals surface area contributed by atoms with E-state index < -0.39 is 0 Å². The van der Waals surface area contributed by atoms with Crippen LogP contribution in [-0.2, 0) is 7.05 Å². The maximum Gasteiger partial charge on any atom is 0.255 e. The minimum atomic E-state index is 0.0709. The molecule has 6 heteroatoms. The normalized spacial score (nSPS) is 16.6. The third-order valence-corrected chi connectivity index (χ3v) is 6.63. The topological polar surface area (TPSA) is 51.0 Å². The summed E-state index contributed by atoms with van der Waals surface area (Å²) in [5.74, 6) is 0.0709. The molecular weight excluding hydrogens is 380 g/mol. The van der Waals surface area contributed by atoms with E-state index in [4.69, 9.17) is 4.98 Å². The number of rotatable bonds is 3. The van der Waals surface area contributed by atoms with E-state index >= 15 is 0 Å². The van der Waals surface area contributed by atoms with Gasteiger partial charge in [-0.25, -0.2) is 4.98 Å². The van der Waals surface area contributed by atoms with E-state index in [1.165, 1.54) is 4.88 Å². The average Bonchev–Trinajstić information content (AvgIpc) is 3.48. The summed E-state index contributed by atoms with van der Waals surface area (Å²) in [5.41, 5.74) is 4.08. The van der Waals surface area contributed by atoms with Crippen LogP contribution in [0.1, 0.15) is 39.8 Å². The number of amides is 1. The van der Waals surface area contributed by atoms with Crippen molar-refractivity contribution in [2.24, 2.45) is 7.05 Å². The Bertz CT molecular complexity index is 1180. The first-order valence-corrected chi connectivity index (χ1v) is 10.8. The molecule has 0 spiro atoms. The van der Waals surface area contributed by atoms with Crippen LogP contribution in [0.5, 0.6) is 0 Å². The highest BCUT2D eigenvalue weighted by Crippen LogP contribution is 2.37. The maximum absolute atomic E-state index is 13.8. The van der Waals surface area contributed by atoms with Gasteiger partial charge in [0.05, 0.1) is 28.4 Å². The first-order chi connectivity index (χ1) is 14.1. The van der Waals surface area contributed by atoms with Crippen molar-refractivity contribution in [2.45, 2.75) is 25.8 Å². The second kappa shape index (κ2) is 7.12. The van der Waals surface area contributed by atoms with Crippen molar-refractivity contribution in [1.82, 2.24) is 19.7 Å². The Hall–Kier alpha value is -2.99. The average molecular weight is 403 g/mol. The van der Waals surface area contributed by atoms with E-state index in [-0.39, 0.29) is 11.9 Å². The lowest BCUT2D eigenvalue weighted by atomic mass is 10.0. The molecule has 5 nitrogen and oxygen atoms in total. The summed E-state index contributed by atoms with van der Waals surface area (Å²) in [5, 5.41) is 7.49. The van der Waals surface area contributed by atoms with E-state index in [9.17, 15) is 4.79 Å². The number of carbonyl (C=O) groups excluding carboxylic acids is 1. The summed E-state index contributed by atoms with van der Waals surface area (Å²) in [6.45, 7) is 2.73. The molecule has 5 rings (SSSR count). The Labute approximate surface area is 173 Å². The molecule has 1 aromatic carbocycles. The molecule has 1 saturated heterocycles. The number of carbonyl (C=O) groups is 1. The van der Waals surface area contributed by atoms with Crippen molar-refractivity contribution in [1.29, 1.82) is 0 Å². The van der Waals surface area contributed by atoms with Gasteiger partial charge in [0, 0.05) is 24.0 Å². The molecule has 0 aliphatic carbocycles. The number of likely N-dealkylation sites (tertiary alicyclic amines) is 1. The van der Waals surface area contributed by atoms with Crippen LogP contribution in [0.4, 0.5) is 0 Å². The predicted octanol–water partition coefficient (Wildman–Crippen LogP) is 4.98. The molecule has 1 aliphatic heterocycles. The Morgan fingerprint density at radius 3 is 2.76 bits per heavy atom. The number of aryl methyl sites for hydroxylation is 2. The zero-order valence-corrected chi connectivity index (χ0v) is 17.3. The molecule has 29 heavy (non-hydrogen) atoms. The van der Waals surface area contributed by atoms with Gasteiger partial charge in [0.1, 0.15) is 0 Å². The molecule has 0 saturated carbocycles. The number of thiophene rings is 1. The number of hydrogen-bond acceptors (Lipinski definition) is 4. The maximum atomic E-state index is 13.8. The van der Waals surface area contributed by atoms with Gasteiger partial charge in [-0.2, -0.15) is 5.10 Å². The number of fused-ring (bicyclic) bond motifs is 1. The summed E-state index contributed by atoms with van der Waals surface area (Å²) >= 11 is 1.72. The molecule has 0 unspecified atom stereocenters. The molecule has 0 N–H and O–H groups in total. The zero-order chi connectivity index (χ0) is 20.0. The van der Waals surface area contributed by atoms with E-state index in [2.05, 4.69) is 22.6 Å². The van der Waals surface area contributed by atoms with Gasteiger partial charge < -0.3 is 4.90 Å². The summed E-state index contributed by atoms with van der Waals surface area (Å²) in [4.78, 5) is 21.9. The SMILES string of the molecule is Cc1nn(C)c2nc(-c3ccccc3)cc(C(=O)N3CCC[C@@H]3c3cccs3)c12. The van der Waals surface area contributed by atoms with Crippen LogP contribution in [0.15, 0.2) is 53.9 Å². The zero-order valence-electron chi connectivity index (χ0n) is 16.5. The number of pyridine rings is 1. The fourth-order valence-electron chi connectivity index (χ4n) is 4.31. The lowest BCUT2D eigenvalue weighted by Gasteiger charge is -2.24.